The summed E-state index contributed by atoms with van der Waals surface area (Å²) in [6.45, 7) is 0. The molecule has 0 saturated heterocycles. The highest BCUT2D eigenvalue weighted by atomic mass is 16.4. The summed E-state index contributed by atoms with van der Waals surface area (Å²) in [4.78, 5) is 14.1. The number of rotatable bonds is 2. The van der Waals surface area contributed by atoms with E-state index in [2.05, 4.69) is 4.98 Å². The van der Waals surface area contributed by atoms with E-state index in [0.717, 1.165) is 16.7 Å². The maximum Gasteiger partial charge on any atom is 0.307 e. The first-order chi connectivity index (χ1) is 9.25. The summed E-state index contributed by atoms with van der Waals surface area (Å²) in [5.74, 6) is -0.786. The van der Waals surface area contributed by atoms with E-state index in [9.17, 15) is 4.79 Å². The molecule has 0 fully saturated rings. The van der Waals surface area contributed by atoms with E-state index >= 15 is 0 Å². The zero-order valence-electron chi connectivity index (χ0n) is 10.2. The predicted molar refractivity (Wildman–Crippen MR) is 71.8 cm³/mol. The van der Waals surface area contributed by atoms with Gasteiger partial charge in [0.15, 0.2) is 12.0 Å². The van der Waals surface area contributed by atoms with Gasteiger partial charge in [-0.3, -0.25) is 4.79 Å². The normalized spacial score (nSPS) is 9.68. The SMILES string of the molecule is O=C(O)Cc1ccccc1.c1ccc2ocnc2c1. The van der Waals surface area contributed by atoms with Crippen LogP contribution in [0.4, 0.5) is 0 Å². The van der Waals surface area contributed by atoms with E-state index < -0.39 is 5.97 Å². The number of aliphatic carboxylic acids is 1. The van der Waals surface area contributed by atoms with Crippen molar-refractivity contribution < 1.29 is 14.3 Å². The minimum Gasteiger partial charge on any atom is -0.481 e. The van der Waals surface area contributed by atoms with Gasteiger partial charge in [0.05, 0.1) is 6.42 Å². The van der Waals surface area contributed by atoms with Gasteiger partial charge in [0.25, 0.3) is 0 Å². The maximum atomic E-state index is 10.2. The van der Waals surface area contributed by atoms with Gasteiger partial charge >= 0.3 is 5.97 Å². The Morgan fingerprint density at radius 1 is 1.05 bits per heavy atom. The van der Waals surface area contributed by atoms with Gasteiger partial charge in [-0.25, -0.2) is 4.98 Å². The third-order valence-corrected chi connectivity index (χ3v) is 2.43. The number of benzene rings is 2. The van der Waals surface area contributed by atoms with E-state index in [1.54, 1.807) is 12.1 Å². The summed E-state index contributed by atoms with van der Waals surface area (Å²) in [5, 5.41) is 8.37. The summed E-state index contributed by atoms with van der Waals surface area (Å²) in [6.07, 6.45) is 1.56. The predicted octanol–water partition coefficient (Wildman–Crippen LogP) is 3.14. The Balaban J connectivity index is 0.000000141. The number of carbonyl (C=O) groups is 1. The lowest BCUT2D eigenvalue weighted by Crippen LogP contribution is -1.98. The van der Waals surface area contributed by atoms with Crippen LogP contribution in [0.5, 0.6) is 0 Å². The van der Waals surface area contributed by atoms with E-state index in [-0.39, 0.29) is 6.42 Å². The molecule has 3 aromatic rings. The first-order valence-electron chi connectivity index (χ1n) is 5.79. The molecule has 0 aliphatic rings. The van der Waals surface area contributed by atoms with Crippen LogP contribution in [0.15, 0.2) is 65.4 Å². The molecular weight excluding hydrogens is 242 g/mol. The summed E-state index contributed by atoms with van der Waals surface area (Å²) >= 11 is 0. The molecule has 0 aliphatic carbocycles. The van der Waals surface area contributed by atoms with Crippen LogP contribution < -0.4 is 0 Å². The number of fused-ring (bicyclic) bond motifs is 1. The maximum absolute atomic E-state index is 10.2. The minimum atomic E-state index is -0.786. The lowest BCUT2D eigenvalue weighted by atomic mass is 10.2. The number of carboxylic acid groups (broad SMARTS) is 1. The fourth-order valence-electron chi connectivity index (χ4n) is 1.57. The molecule has 0 amide bonds. The molecule has 0 atom stereocenters. The zero-order valence-corrected chi connectivity index (χ0v) is 10.2. The summed E-state index contributed by atoms with van der Waals surface area (Å²) in [6, 6.07) is 16.8. The van der Waals surface area contributed by atoms with Crippen LogP contribution in [0.25, 0.3) is 11.1 Å². The molecule has 4 heteroatoms. The van der Waals surface area contributed by atoms with Crippen molar-refractivity contribution in [1.29, 1.82) is 0 Å². The zero-order chi connectivity index (χ0) is 13.5. The van der Waals surface area contributed by atoms with Gasteiger partial charge in [0.2, 0.25) is 0 Å². The van der Waals surface area contributed by atoms with E-state index in [1.165, 1.54) is 6.39 Å². The van der Waals surface area contributed by atoms with Crippen molar-refractivity contribution in [2.75, 3.05) is 0 Å². The number of carboxylic acids is 1. The molecule has 1 heterocycles. The highest BCUT2D eigenvalue weighted by Crippen LogP contribution is 2.09. The number of hydrogen-bond donors (Lipinski definition) is 1. The van der Waals surface area contributed by atoms with Crippen molar-refractivity contribution in [3.63, 3.8) is 0 Å². The van der Waals surface area contributed by atoms with Crippen LogP contribution in [0, 0.1) is 0 Å². The first-order valence-corrected chi connectivity index (χ1v) is 5.79. The average molecular weight is 255 g/mol. The van der Waals surface area contributed by atoms with Crippen LogP contribution in [0.2, 0.25) is 0 Å². The van der Waals surface area contributed by atoms with Gasteiger partial charge in [-0.1, -0.05) is 42.5 Å². The third-order valence-electron chi connectivity index (χ3n) is 2.43. The second-order valence-electron chi connectivity index (χ2n) is 3.88. The van der Waals surface area contributed by atoms with Crippen LogP contribution >= 0.6 is 0 Å². The molecule has 0 radical (unpaired) electrons. The molecule has 0 spiro atoms. The molecule has 0 bridgehead atoms. The van der Waals surface area contributed by atoms with Crippen molar-refractivity contribution in [2.45, 2.75) is 6.42 Å². The Labute approximate surface area is 110 Å². The van der Waals surface area contributed by atoms with Crippen LogP contribution in [0.1, 0.15) is 5.56 Å². The second-order valence-corrected chi connectivity index (χ2v) is 3.88. The topological polar surface area (TPSA) is 63.3 Å². The summed E-state index contributed by atoms with van der Waals surface area (Å²) < 4.78 is 5.01. The van der Waals surface area contributed by atoms with E-state index in [0.29, 0.717) is 0 Å². The Kier molecular flexibility index (Phi) is 4.29. The van der Waals surface area contributed by atoms with Gasteiger partial charge in [-0.15, -0.1) is 0 Å². The third kappa shape index (κ3) is 3.96. The Bertz CT molecular complexity index is 616. The summed E-state index contributed by atoms with van der Waals surface area (Å²) in [5.41, 5.74) is 2.60. The molecule has 19 heavy (non-hydrogen) atoms. The number of aromatic nitrogens is 1. The van der Waals surface area contributed by atoms with Gasteiger partial charge in [0.1, 0.15) is 5.52 Å². The molecule has 0 saturated carbocycles. The molecule has 2 aromatic carbocycles. The minimum absolute atomic E-state index is 0.112. The van der Waals surface area contributed by atoms with Gasteiger partial charge in [-0.2, -0.15) is 0 Å². The standard InChI is InChI=1S/C8H8O2.C7H5NO/c9-8(10)6-7-4-2-1-3-5-7;1-2-4-7-6(3-1)8-5-9-7/h1-5H,6H2,(H,9,10);1-5H. The first kappa shape index (κ1) is 12.8. The van der Waals surface area contributed by atoms with Crippen molar-refractivity contribution in [1.82, 2.24) is 4.98 Å². The van der Waals surface area contributed by atoms with Gasteiger partial charge in [0, 0.05) is 0 Å². The average Bonchev–Trinajstić information content (AvgIpc) is 2.88. The molecule has 0 aliphatic heterocycles. The molecule has 1 aromatic heterocycles. The van der Waals surface area contributed by atoms with E-state index in [1.807, 2.05) is 42.5 Å². The lowest BCUT2D eigenvalue weighted by Gasteiger charge is -1.92. The van der Waals surface area contributed by atoms with Crippen molar-refractivity contribution in [3.05, 3.63) is 66.6 Å². The monoisotopic (exact) mass is 255 g/mol. The number of para-hydroxylation sites is 2. The molecule has 1 N–H and O–H groups in total. The smallest absolute Gasteiger partial charge is 0.307 e. The molecule has 96 valence electrons. The van der Waals surface area contributed by atoms with Gasteiger partial charge < -0.3 is 9.52 Å². The van der Waals surface area contributed by atoms with Crippen molar-refractivity contribution >= 4 is 17.1 Å². The highest BCUT2D eigenvalue weighted by molar-refractivity contribution is 5.71. The van der Waals surface area contributed by atoms with Gasteiger partial charge in [-0.05, 0) is 17.7 Å². The Morgan fingerprint density at radius 2 is 1.74 bits per heavy atom. The molecule has 4 nitrogen and oxygen atoms in total. The fourth-order valence-corrected chi connectivity index (χ4v) is 1.57. The highest BCUT2D eigenvalue weighted by Gasteiger charge is 1.96. The number of oxazole rings is 1. The second kappa shape index (κ2) is 6.35. The van der Waals surface area contributed by atoms with Crippen LogP contribution in [-0.4, -0.2) is 16.1 Å². The quantitative estimate of drug-likeness (QED) is 0.764. The molecule has 0 unspecified atom stereocenters. The fraction of sp³-hybridized carbons (Fsp3) is 0.0667. The molecule has 3 rings (SSSR count). The Hall–Kier alpha value is -2.62. The molecular formula is C15H13NO3. The van der Waals surface area contributed by atoms with Crippen molar-refractivity contribution in [3.8, 4) is 0 Å². The largest absolute Gasteiger partial charge is 0.481 e. The summed E-state index contributed by atoms with van der Waals surface area (Å²) in [7, 11) is 0. The number of hydrogen-bond acceptors (Lipinski definition) is 3. The van der Waals surface area contributed by atoms with Crippen LogP contribution in [0.3, 0.4) is 0 Å². The Morgan fingerprint density at radius 3 is 2.42 bits per heavy atom. The van der Waals surface area contributed by atoms with E-state index in [4.69, 9.17) is 9.52 Å². The van der Waals surface area contributed by atoms with Crippen LogP contribution in [-0.2, 0) is 11.2 Å². The number of nitrogens with zero attached hydrogens (tertiary/aromatic N) is 1. The van der Waals surface area contributed by atoms with Crippen molar-refractivity contribution in [2.24, 2.45) is 0 Å². The lowest BCUT2D eigenvalue weighted by molar-refractivity contribution is -0.136.